The van der Waals surface area contributed by atoms with Gasteiger partial charge in [-0.25, -0.2) is 0 Å². The van der Waals surface area contributed by atoms with Crippen molar-refractivity contribution in [2.24, 2.45) is 0 Å². The number of hydrogen-bond donors (Lipinski definition) is 0. The summed E-state index contributed by atoms with van der Waals surface area (Å²) in [4.78, 5) is 11.7. The lowest BCUT2D eigenvalue weighted by Crippen LogP contribution is -2.42. The molecule has 1 unspecified atom stereocenters. The van der Waals surface area contributed by atoms with Gasteiger partial charge in [-0.05, 0) is 6.92 Å². The first-order valence-corrected chi connectivity index (χ1v) is 6.90. The highest BCUT2D eigenvalue weighted by molar-refractivity contribution is 9.09. The molecule has 0 amide bonds. The molecule has 0 aromatic carbocycles. The molecule has 0 aromatic heterocycles. The Labute approximate surface area is 108 Å². The molecule has 4 heteroatoms. The maximum atomic E-state index is 11.2. The minimum absolute atomic E-state index is 0.0728. The van der Waals surface area contributed by atoms with Crippen LogP contribution in [0.5, 0.6) is 0 Å². The molecule has 0 bridgehead atoms. The van der Waals surface area contributed by atoms with E-state index in [-0.39, 0.29) is 5.97 Å². The molecule has 0 aliphatic heterocycles. The predicted molar refractivity (Wildman–Crippen MR) is 70.7 cm³/mol. The first kappa shape index (κ1) is 15.9. The van der Waals surface area contributed by atoms with Crippen LogP contribution in [0, 0.1) is 0 Å². The smallest absolute Gasteiger partial charge is 0.305 e. The average molecular weight is 295 g/mol. The van der Waals surface area contributed by atoms with Crippen LogP contribution in [0.2, 0.25) is 0 Å². The van der Waals surface area contributed by atoms with Crippen LogP contribution in [0.1, 0.15) is 33.1 Å². The third-order valence-electron chi connectivity index (χ3n) is 2.58. The van der Waals surface area contributed by atoms with Gasteiger partial charge in [0.05, 0.1) is 40.2 Å². The lowest BCUT2D eigenvalue weighted by atomic mass is 10.2. The second-order valence-electron chi connectivity index (χ2n) is 4.86. The molecule has 16 heavy (non-hydrogen) atoms. The first-order chi connectivity index (χ1) is 7.37. The average Bonchev–Trinajstić information content (AvgIpc) is 2.15. The van der Waals surface area contributed by atoms with E-state index in [9.17, 15) is 4.79 Å². The molecule has 0 rings (SSSR count). The summed E-state index contributed by atoms with van der Waals surface area (Å²) < 4.78 is 5.87. The van der Waals surface area contributed by atoms with Crippen molar-refractivity contribution in [3.05, 3.63) is 0 Å². The van der Waals surface area contributed by atoms with Gasteiger partial charge >= 0.3 is 5.97 Å². The fourth-order valence-electron chi connectivity index (χ4n) is 1.52. The summed E-state index contributed by atoms with van der Waals surface area (Å²) >= 11 is 3.55. The summed E-state index contributed by atoms with van der Waals surface area (Å²) in [6.07, 6.45) is 2.61. The van der Waals surface area contributed by atoms with Crippen LogP contribution in [0.25, 0.3) is 0 Å². The molecule has 3 nitrogen and oxygen atoms in total. The van der Waals surface area contributed by atoms with Crippen molar-refractivity contribution in [2.45, 2.75) is 37.9 Å². The predicted octanol–water partition coefficient (Wildman–Crippen LogP) is 2.58. The SMILES string of the molecule is CCOC(=O)CCC[N+](C)(C)CCC(C)Br. The van der Waals surface area contributed by atoms with Crippen LogP contribution in [0.4, 0.5) is 0 Å². The number of quaternary nitrogens is 1. The van der Waals surface area contributed by atoms with E-state index in [1.54, 1.807) is 0 Å². The minimum atomic E-state index is -0.0728. The summed E-state index contributed by atoms with van der Waals surface area (Å²) in [6.45, 7) is 6.65. The molecule has 0 N–H and O–H groups in total. The van der Waals surface area contributed by atoms with Crippen molar-refractivity contribution in [1.29, 1.82) is 0 Å². The van der Waals surface area contributed by atoms with Gasteiger partial charge in [-0.2, -0.15) is 0 Å². The monoisotopic (exact) mass is 294 g/mol. The number of esters is 1. The molecule has 0 saturated heterocycles. The van der Waals surface area contributed by atoms with Gasteiger partial charge < -0.3 is 9.22 Å². The number of carbonyl (C=O) groups excluding carboxylic acids is 1. The quantitative estimate of drug-likeness (QED) is 0.391. The first-order valence-electron chi connectivity index (χ1n) is 5.99. The standard InChI is InChI=1S/C12H25BrNO2/c1-5-16-12(15)7-6-9-14(3,4)10-8-11(2)13/h11H,5-10H2,1-4H3/q+1. The van der Waals surface area contributed by atoms with Gasteiger partial charge in [-0.15, -0.1) is 0 Å². The topological polar surface area (TPSA) is 26.3 Å². The Hall–Kier alpha value is -0.0900. The molecular formula is C12H25BrNO2+. The van der Waals surface area contributed by atoms with E-state index in [4.69, 9.17) is 4.74 Å². The molecule has 96 valence electrons. The highest BCUT2D eigenvalue weighted by atomic mass is 79.9. The van der Waals surface area contributed by atoms with E-state index >= 15 is 0 Å². The third-order valence-corrected chi connectivity index (χ3v) is 3.04. The number of halogens is 1. The van der Waals surface area contributed by atoms with Crippen molar-refractivity contribution in [2.75, 3.05) is 33.8 Å². The second-order valence-corrected chi connectivity index (χ2v) is 6.42. The molecule has 0 aliphatic carbocycles. The van der Waals surface area contributed by atoms with E-state index in [2.05, 4.69) is 36.9 Å². The number of alkyl halides is 1. The number of rotatable bonds is 8. The minimum Gasteiger partial charge on any atom is -0.466 e. The maximum Gasteiger partial charge on any atom is 0.305 e. The Morgan fingerprint density at radius 1 is 1.38 bits per heavy atom. The zero-order chi connectivity index (χ0) is 12.6. The zero-order valence-corrected chi connectivity index (χ0v) is 12.5. The van der Waals surface area contributed by atoms with Crippen LogP contribution in [0.15, 0.2) is 0 Å². The Bertz CT molecular complexity index is 205. The molecule has 0 fully saturated rings. The van der Waals surface area contributed by atoms with Crippen molar-refractivity contribution in [1.82, 2.24) is 0 Å². The van der Waals surface area contributed by atoms with Crippen LogP contribution in [-0.2, 0) is 9.53 Å². The fraction of sp³-hybridized carbons (Fsp3) is 0.917. The number of ether oxygens (including phenoxy) is 1. The highest BCUT2D eigenvalue weighted by Crippen LogP contribution is 2.09. The second kappa shape index (κ2) is 8.07. The molecule has 0 aromatic rings. The maximum absolute atomic E-state index is 11.2. The van der Waals surface area contributed by atoms with Crippen molar-refractivity contribution >= 4 is 21.9 Å². The molecule has 0 heterocycles. The Morgan fingerprint density at radius 3 is 2.50 bits per heavy atom. The summed E-state index contributed by atoms with van der Waals surface area (Å²) in [6, 6.07) is 0. The van der Waals surface area contributed by atoms with Crippen LogP contribution in [0.3, 0.4) is 0 Å². The van der Waals surface area contributed by atoms with Crippen LogP contribution in [-0.4, -0.2) is 49.1 Å². The normalized spacial score (nSPS) is 13.6. The summed E-state index contributed by atoms with van der Waals surface area (Å²) in [7, 11) is 4.42. The van der Waals surface area contributed by atoms with E-state index < -0.39 is 0 Å². The Balaban J connectivity index is 3.68. The third kappa shape index (κ3) is 9.16. The van der Waals surface area contributed by atoms with Gasteiger partial charge in [0.2, 0.25) is 0 Å². The lowest BCUT2D eigenvalue weighted by Gasteiger charge is -2.30. The zero-order valence-electron chi connectivity index (χ0n) is 11.0. The van der Waals surface area contributed by atoms with Crippen molar-refractivity contribution in [3.63, 3.8) is 0 Å². The molecule has 0 aliphatic rings. The summed E-state index contributed by atoms with van der Waals surface area (Å²) in [5.41, 5.74) is 0. The summed E-state index contributed by atoms with van der Waals surface area (Å²) in [5, 5.41) is 0. The molecule has 0 saturated carbocycles. The summed E-state index contributed by atoms with van der Waals surface area (Å²) in [5.74, 6) is -0.0728. The van der Waals surface area contributed by atoms with E-state index in [0.29, 0.717) is 17.9 Å². The van der Waals surface area contributed by atoms with E-state index in [1.165, 1.54) is 0 Å². The van der Waals surface area contributed by atoms with Gasteiger partial charge in [-0.1, -0.05) is 22.9 Å². The van der Waals surface area contributed by atoms with Crippen molar-refractivity contribution in [3.8, 4) is 0 Å². The van der Waals surface area contributed by atoms with Crippen molar-refractivity contribution < 1.29 is 14.0 Å². The van der Waals surface area contributed by atoms with Gasteiger partial charge in [0, 0.05) is 17.7 Å². The number of hydrogen-bond acceptors (Lipinski definition) is 2. The van der Waals surface area contributed by atoms with E-state index in [1.807, 2.05) is 6.92 Å². The molecule has 0 radical (unpaired) electrons. The molecule has 1 atom stereocenters. The lowest BCUT2D eigenvalue weighted by molar-refractivity contribution is -0.890. The van der Waals surface area contributed by atoms with Crippen LogP contribution < -0.4 is 0 Å². The van der Waals surface area contributed by atoms with Crippen LogP contribution >= 0.6 is 15.9 Å². The van der Waals surface area contributed by atoms with E-state index in [0.717, 1.165) is 30.4 Å². The Kier molecular flexibility index (Phi) is 8.02. The highest BCUT2D eigenvalue weighted by Gasteiger charge is 2.16. The molecular weight excluding hydrogens is 270 g/mol. The fourth-order valence-corrected chi connectivity index (χ4v) is 1.73. The number of nitrogens with zero attached hydrogens (tertiary/aromatic N) is 1. The largest absolute Gasteiger partial charge is 0.466 e. The van der Waals surface area contributed by atoms with Gasteiger partial charge in [0.15, 0.2) is 0 Å². The van der Waals surface area contributed by atoms with Gasteiger partial charge in [0.1, 0.15) is 0 Å². The van der Waals surface area contributed by atoms with Gasteiger partial charge in [0.25, 0.3) is 0 Å². The number of carbonyl (C=O) groups is 1. The van der Waals surface area contributed by atoms with Gasteiger partial charge in [-0.3, -0.25) is 4.79 Å². The molecule has 0 spiro atoms. The Morgan fingerprint density at radius 2 is 2.00 bits per heavy atom.